The van der Waals surface area contributed by atoms with Crippen molar-refractivity contribution in [3.8, 4) is 11.8 Å². The number of nitriles is 1. The summed E-state index contributed by atoms with van der Waals surface area (Å²) in [7, 11) is 1.56. The number of carbonyl (C=O) groups is 2. The van der Waals surface area contributed by atoms with Crippen molar-refractivity contribution in [3.05, 3.63) is 65.4 Å². The first-order chi connectivity index (χ1) is 13.6. The lowest BCUT2D eigenvalue weighted by molar-refractivity contribution is -0.110. The van der Waals surface area contributed by atoms with E-state index in [1.165, 1.54) is 0 Å². The summed E-state index contributed by atoms with van der Waals surface area (Å²) in [6, 6.07) is 15.0. The molecule has 1 atom stereocenters. The SMILES string of the molecule is COc1ccc2oc(C(=O)N[C@H](C=O)COCc3cccc(C#N)c3)cc2c1. The van der Waals surface area contributed by atoms with Gasteiger partial charge in [-0.25, -0.2) is 0 Å². The zero-order valence-corrected chi connectivity index (χ0v) is 15.2. The molecule has 0 spiro atoms. The summed E-state index contributed by atoms with van der Waals surface area (Å²) < 4.78 is 16.2. The molecule has 142 valence electrons. The van der Waals surface area contributed by atoms with Gasteiger partial charge < -0.3 is 24.0 Å². The monoisotopic (exact) mass is 378 g/mol. The van der Waals surface area contributed by atoms with E-state index in [4.69, 9.17) is 19.2 Å². The lowest BCUT2D eigenvalue weighted by Gasteiger charge is -2.12. The van der Waals surface area contributed by atoms with Crippen LogP contribution in [0.2, 0.25) is 0 Å². The minimum absolute atomic E-state index is 0.0000719. The van der Waals surface area contributed by atoms with Crippen molar-refractivity contribution in [3.63, 3.8) is 0 Å². The second-order valence-corrected chi connectivity index (χ2v) is 6.06. The molecule has 2 aromatic carbocycles. The molecular weight excluding hydrogens is 360 g/mol. The zero-order chi connectivity index (χ0) is 19.9. The average molecular weight is 378 g/mol. The summed E-state index contributed by atoms with van der Waals surface area (Å²) >= 11 is 0. The molecule has 3 rings (SSSR count). The van der Waals surface area contributed by atoms with Gasteiger partial charge in [0, 0.05) is 5.39 Å². The van der Waals surface area contributed by atoms with Gasteiger partial charge in [-0.2, -0.15) is 5.26 Å². The number of benzene rings is 2. The van der Waals surface area contributed by atoms with Crippen molar-refractivity contribution in [1.29, 1.82) is 5.26 Å². The maximum Gasteiger partial charge on any atom is 0.287 e. The average Bonchev–Trinajstić information content (AvgIpc) is 3.16. The molecule has 28 heavy (non-hydrogen) atoms. The predicted molar refractivity (Wildman–Crippen MR) is 101 cm³/mol. The van der Waals surface area contributed by atoms with Gasteiger partial charge in [-0.05, 0) is 42.0 Å². The van der Waals surface area contributed by atoms with Crippen molar-refractivity contribution >= 4 is 23.2 Å². The van der Waals surface area contributed by atoms with Gasteiger partial charge >= 0.3 is 0 Å². The molecule has 0 aliphatic heterocycles. The van der Waals surface area contributed by atoms with Crippen LogP contribution in [0.5, 0.6) is 5.75 Å². The fraction of sp³-hybridized carbons (Fsp3) is 0.190. The quantitative estimate of drug-likeness (QED) is 0.605. The molecule has 0 bridgehead atoms. The lowest BCUT2D eigenvalue weighted by Crippen LogP contribution is -2.39. The Morgan fingerprint density at radius 1 is 1.29 bits per heavy atom. The minimum Gasteiger partial charge on any atom is -0.497 e. The molecule has 0 radical (unpaired) electrons. The van der Waals surface area contributed by atoms with Crippen molar-refractivity contribution in [2.24, 2.45) is 0 Å². The number of carbonyl (C=O) groups excluding carboxylic acids is 2. The third kappa shape index (κ3) is 4.55. The van der Waals surface area contributed by atoms with Crippen LogP contribution in [0.4, 0.5) is 0 Å². The largest absolute Gasteiger partial charge is 0.497 e. The first-order valence-corrected chi connectivity index (χ1v) is 8.53. The number of methoxy groups -OCH3 is 1. The number of fused-ring (bicyclic) bond motifs is 1. The molecule has 0 fully saturated rings. The standard InChI is InChI=1S/C21H18N2O5/c1-26-18-5-6-19-16(8-18)9-20(28-19)21(25)23-17(11-24)13-27-12-15-4-2-3-14(7-15)10-22/h2-9,11,17H,12-13H2,1H3,(H,23,25)/t17-/m1/s1. The predicted octanol–water partition coefficient (Wildman–Crippen LogP) is 2.83. The van der Waals surface area contributed by atoms with Gasteiger partial charge in [0.25, 0.3) is 5.91 Å². The molecule has 1 aromatic heterocycles. The maximum absolute atomic E-state index is 12.4. The van der Waals surface area contributed by atoms with Gasteiger partial charge in [-0.3, -0.25) is 4.79 Å². The van der Waals surface area contributed by atoms with Gasteiger partial charge in [0.2, 0.25) is 0 Å². The van der Waals surface area contributed by atoms with E-state index < -0.39 is 11.9 Å². The fourth-order valence-corrected chi connectivity index (χ4v) is 2.65. The first-order valence-electron chi connectivity index (χ1n) is 8.53. The van der Waals surface area contributed by atoms with Crippen molar-refractivity contribution < 1.29 is 23.5 Å². The van der Waals surface area contributed by atoms with E-state index in [0.29, 0.717) is 23.2 Å². The summed E-state index contributed by atoms with van der Waals surface area (Å²) in [4.78, 5) is 23.7. The Labute approximate surface area is 161 Å². The van der Waals surface area contributed by atoms with E-state index >= 15 is 0 Å². The molecule has 0 aliphatic carbocycles. The van der Waals surface area contributed by atoms with Gasteiger partial charge in [0.15, 0.2) is 5.76 Å². The second-order valence-electron chi connectivity index (χ2n) is 6.06. The molecule has 0 saturated carbocycles. The van der Waals surface area contributed by atoms with E-state index in [-0.39, 0.29) is 19.0 Å². The van der Waals surface area contributed by atoms with Crippen LogP contribution < -0.4 is 10.1 Å². The molecule has 0 saturated heterocycles. The Bertz CT molecular complexity index is 1030. The minimum atomic E-state index is -0.825. The number of hydrogen-bond donors (Lipinski definition) is 1. The van der Waals surface area contributed by atoms with Crippen LogP contribution in [-0.2, 0) is 16.1 Å². The molecule has 0 unspecified atom stereocenters. The van der Waals surface area contributed by atoms with E-state index in [1.54, 1.807) is 49.6 Å². The Morgan fingerprint density at radius 2 is 2.14 bits per heavy atom. The van der Waals surface area contributed by atoms with Gasteiger partial charge in [0.05, 0.1) is 32.0 Å². The van der Waals surface area contributed by atoms with Crippen LogP contribution in [0.1, 0.15) is 21.7 Å². The third-order valence-corrected chi connectivity index (χ3v) is 4.05. The highest BCUT2D eigenvalue weighted by atomic mass is 16.5. The highest BCUT2D eigenvalue weighted by Gasteiger charge is 2.17. The smallest absolute Gasteiger partial charge is 0.287 e. The van der Waals surface area contributed by atoms with Crippen LogP contribution in [0.25, 0.3) is 11.0 Å². The highest BCUT2D eigenvalue weighted by molar-refractivity contribution is 5.97. The number of furan rings is 1. The summed E-state index contributed by atoms with van der Waals surface area (Å²) in [5.41, 5.74) is 1.88. The van der Waals surface area contributed by atoms with E-state index in [9.17, 15) is 9.59 Å². The number of nitrogens with one attached hydrogen (secondary N) is 1. The fourth-order valence-electron chi connectivity index (χ4n) is 2.65. The molecule has 3 aromatic rings. The summed E-state index contributed by atoms with van der Waals surface area (Å²) in [5, 5.41) is 12.2. The number of amides is 1. The highest BCUT2D eigenvalue weighted by Crippen LogP contribution is 2.24. The Kier molecular flexibility index (Phi) is 6.04. The van der Waals surface area contributed by atoms with E-state index in [1.807, 2.05) is 6.07 Å². The third-order valence-electron chi connectivity index (χ3n) is 4.05. The summed E-state index contributed by atoms with van der Waals surface area (Å²) in [6.07, 6.45) is 0.606. The van der Waals surface area contributed by atoms with Crippen LogP contribution in [0.3, 0.4) is 0 Å². The van der Waals surface area contributed by atoms with E-state index in [0.717, 1.165) is 10.9 Å². The normalized spacial score (nSPS) is 11.6. The molecule has 1 amide bonds. The van der Waals surface area contributed by atoms with Crippen LogP contribution in [0, 0.1) is 11.3 Å². The Balaban J connectivity index is 1.58. The second kappa shape index (κ2) is 8.84. The van der Waals surface area contributed by atoms with Gasteiger partial charge in [0.1, 0.15) is 23.7 Å². The van der Waals surface area contributed by atoms with Crippen molar-refractivity contribution in [2.75, 3.05) is 13.7 Å². The number of nitrogens with zero attached hydrogens (tertiary/aromatic N) is 1. The van der Waals surface area contributed by atoms with Crippen LogP contribution in [-0.4, -0.2) is 32.0 Å². The van der Waals surface area contributed by atoms with Crippen molar-refractivity contribution in [2.45, 2.75) is 12.6 Å². The number of aldehydes is 1. The maximum atomic E-state index is 12.4. The van der Waals surface area contributed by atoms with Crippen molar-refractivity contribution in [1.82, 2.24) is 5.32 Å². The summed E-state index contributed by atoms with van der Waals surface area (Å²) in [6.45, 7) is 0.222. The first kappa shape index (κ1) is 19.1. The lowest BCUT2D eigenvalue weighted by atomic mass is 10.1. The number of rotatable bonds is 8. The molecule has 7 nitrogen and oxygen atoms in total. The van der Waals surface area contributed by atoms with Gasteiger partial charge in [-0.15, -0.1) is 0 Å². The topological polar surface area (TPSA) is 102 Å². The van der Waals surface area contributed by atoms with Crippen LogP contribution >= 0.6 is 0 Å². The molecule has 0 aliphatic rings. The number of hydrogen-bond acceptors (Lipinski definition) is 6. The molecule has 1 heterocycles. The Hall–Kier alpha value is -3.63. The molecular formula is C21H18N2O5. The summed E-state index contributed by atoms with van der Waals surface area (Å²) in [5.74, 6) is 0.235. The molecule has 7 heteroatoms. The number of ether oxygens (including phenoxy) is 2. The van der Waals surface area contributed by atoms with E-state index in [2.05, 4.69) is 11.4 Å². The van der Waals surface area contributed by atoms with Gasteiger partial charge in [-0.1, -0.05) is 12.1 Å². The Morgan fingerprint density at radius 3 is 2.89 bits per heavy atom. The zero-order valence-electron chi connectivity index (χ0n) is 15.2. The van der Waals surface area contributed by atoms with Crippen LogP contribution in [0.15, 0.2) is 52.9 Å². The molecule has 1 N–H and O–H groups in total.